The highest BCUT2D eigenvalue weighted by Crippen LogP contribution is 2.28. The van der Waals surface area contributed by atoms with Crippen molar-refractivity contribution in [1.29, 1.82) is 0 Å². The molecule has 31 heavy (non-hydrogen) atoms. The molecule has 1 aromatic heterocycles. The molecule has 0 saturated heterocycles. The number of amides is 1. The van der Waals surface area contributed by atoms with Crippen molar-refractivity contribution in [3.63, 3.8) is 0 Å². The molecule has 1 N–H and O–H groups in total. The first-order chi connectivity index (χ1) is 14.7. The number of halogens is 1. The molecule has 5 heteroatoms. The van der Waals surface area contributed by atoms with Crippen molar-refractivity contribution in [3.8, 4) is 11.3 Å². The first kappa shape index (κ1) is 20.9. The van der Waals surface area contributed by atoms with Crippen molar-refractivity contribution in [2.75, 3.05) is 5.32 Å². The van der Waals surface area contributed by atoms with Gasteiger partial charge in [0.25, 0.3) is 5.91 Å². The van der Waals surface area contributed by atoms with Crippen LogP contribution in [0.4, 0.5) is 5.69 Å². The summed E-state index contributed by atoms with van der Waals surface area (Å²) in [7, 11) is 0. The third-order valence-corrected chi connectivity index (χ3v) is 5.34. The molecule has 4 rings (SSSR count). The van der Waals surface area contributed by atoms with Crippen molar-refractivity contribution in [2.24, 2.45) is 0 Å². The minimum atomic E-state index is -0.304. The molecule has 3 aromatic carbocycles. The Hall–Kier alpha value is -3.37. The Kier molecular flexibility index (Phi) is 5.42. The lowest BCUT2D eigenvalue weighted by atomic mass is 9.86. The van der Waals surface area contributed by atoms with Crippen LogP contribution in [0.1, 0.15) is 36.7 Å². The predicted octanol–water partition coefficient (Wildman–Crippen LogP) is 6.66. The Labute approximate surface area is 185 Å². The smallest absolute Gasteiger partial charge is 0.255 e. The Balaban J connectivity index is 1.64. The van der Waals surface area contributed by atoms with E-state index in [0.29, 0.717) is 33.0 Å². The zero-order valence-electron chi connectivity index (χ0n) is 17.5. The lowest BCUT2D eigenvalue weighted by Gasteiger charge is -2.19. The van der Waals surface area contributed by atoms with Crippen LogP contribution < -0.4 is 10.7 Å². The molecule has 4 aromatic rings. The van der Waals surface area contributed by atoms with Crippen LogP contribution in [0.5, 0.6) is 0 Å². The van der Waals surface area contributed by atoms with Crippen LogP contribution in [0.2, 0.25) is 5.02 Å². The van der Waals surface area contributed by atoms with Gasteiger partial charge in [0.1, 0.15) is 11.3 Å². The number of anilines is 1. The van der Waals surface area contributed by atoms with Crippen LogP contribution >= 0.6 is 11.6 Å². The molecular weight excluding hydrogens is 410 g/mol. The summed E-state index contributed by atoms with van der Waals surface area (Å²) in [6, 6.07) is 21.2. The Bertz CT molecular complexity index is 1330. The average Bonchev–Trinajstić information content (AvgIpc) is 2.73. The zero-order chi connectivity index (χ0) is 22.2. The molecule has 0 aliphatic carbocycles. The van der Waals surface area contributed by atoms with E-state index in [1.165, 1.54) is 11.6 Å². The highest BCUT2D eigenvalue weighted by Gasteiger charge is 2.14. The van der Waals surface area contributed by atoms with Crippen molar-refractivity contribution < 1.29 is 9.21 Å². The SMILES string of the molecule is CC(C)(C)c1ccc(-c2cc(=O)c3cc(NC(=O)c4cccc(Cl)c4)ccc3o2)cc1. The van der Waals surface area contributed by atoms with Gasteiger partial charge in [-0.15, -0.1) is 0 Å². The fraction of sp³-hybridized carbons (Fsp3) is 0.154. The molecule has 0 saturated carbocycles. The fourth-order valence-corrected chi connectivity index (χ4v) is 3.53. The van der Waals surface area contributed by atoms with Crippen LogP contribution in [-0.2, 0) is 5.41 Å². The molecule has 1 heterocycles. The van der Waals surface area contributed by atoms with E-state index in [1.54, 1.807) is 42.5 Å². The molecular formula is C26H22ClNO3. The van der Waals surface area contributed by atoms with Crippen LogP contribution in [0, 0.1) is 0 Å². The fourth-order valence-electron chi connectivity index (χ4n) is 3.34. The molecule has 0 spiro atoms. The van der Waals surface area contributed by atoms with Crippen molar-refractivity contribution in [3.05, 3.63) is 99.2 Å². The summed E-state index contributed by atoms with van der Waals surface area (Å²) in [6.07, 6.45) is 0. The molecule has 0 unspecified atom stereocenters. The quantitative estimate of drug-likeness (QED) is 0.394. The van der Waals surface area contributed by atoms with Gasteiger partial charge in [-0.1, -0.05) is 62.7 Å². The van der Waals surface area contributed by atoms with Gasteiger partial charge in [0.15, 0.2) is 5.43 Å². The van der Waals surface area contributed by atoms with E-state index >= 15 is 0 Å². The maximum absolute atomic E-state index is 12.8. The van der Waals surface area contributed by atoms with E-state index in [4.69, 9.17) is 16.0 Å². The van der Waals surface area contributed by atoms with Gasteiger partial charge in [-0.05, 0) is 47.4 Å². The monoisotopic (exact) mass is 431 g/mol. The average molecular weight is 432 g/mol. The lowest BCUT2D eigenvalue weighted by Crippen LogP contribution is -2.12. The largest absolute Gasteiger partial charge is 0.456 e. The number of rotatable bonds is 3. The maximum Gasteiger partial charge on any atom is 0.255 e. The van der Waals surface area contributed by atoms with Gasteiger partial charge >= 0.3 is 0 Å². The molecule has 1 amide bonds. The minimum Gasteiger partial charge on any atom is -0.456 e. The topological polar surface area (TPSA) is 59.3 Å². The van der Waals surface area contributed by atoms with E-state index in [1.807, 2.05) is 24.3 Å². The zero-order valence-corrected chi connectivity index (χ0v) is 18.3. The number of carbonyl (C=O) groups excluding carboxylic acids is 1. The molecule has 0 aliphatic rings. The number of carbonyl (C=O) groups is 1. The first-order valence-electron chi connectivity index (χ1n) is 9.96. The Morgan fingerprint density at radius 3 is 2.35 bits per heavy atom. The molecule has 0 radical (unpaired) electrons. The van der Waals surface area contributed by atoms with Gasteiger partial charge in [-0.2, -0.15) is 0 Å². The van der Waals surface area contributed by atoms with Gasteiger partial charge in [-0.25, -0.2) is 0 Å². The van der Waals surface area contributed by atoms with E-state index < -0.39 is 0 Å². The van der Waals surface area contributed by atoms with Crippen LogP contribution in [0.25, 0.3) is 22.3 Å². The third kappa shape index (κ3) is 4.54. The summed E-state index contributed by atoms with van der Waals surface area (Å²) in [6.45, 7) is 6.46. The van der Waals surface area contributed by atoms with Crippen molar-refractivity contribution in [1.82, 2.24) is 0 Å². The molecule has 4 nitrogen and oxygen atoms in total. The normalized spacial score (nSPS) is 11.5. The van der Waals surface area contributed by atoms with Crippen molar-refractivity contribution in [2.45, 2.75) is 26.2 Å². The summed E-state index contributed by atoms with van der Waals surface area (Å²) >= 11 is 5.95. The Morgan fingerprint density at radius 1 is 0.935 bits per heavy atom. The van der Waals surface area contributed by atoms with Crippen molar-refractivity contribution >= 4 is 34.2 Å². The van der Waals surface area contributed by atoms with Gasteiger partial charge in [-0.3, -0.25) is 9.59 Å². The van der Waals surface area contributed by atoms with E-state index in [-0.39, 0.29) is 16.8 Å². The second-order valence-electron chi connectivity index (χ2n) is 8.48. The molecule has 156 valence electrons. The summed E-state index contributed by atoms with van der Waals surface area (Å²) in [5, 5.41) is 3.68. The summed E-state index contributed by atoms with van der Waals surface area (Å²) < 4.78 is 5.98. The van der Waals surface area contributed by atoms with Crippen LogP contribution in [0.3, 0.4) is 0 Å². The molecule has 0 atom stereocenters. The molecule has 0 bridgehead atoms. The van der Waals surface area contributed by atoms with E-state index in [2.05, 4.69) is 26.1 Å². The van der Waals surface area contributed by atoms with E-state index in [9.17, 15) is 9.59 Å². The number of fused-ring (bicyclic) bond motifs is 1. The van der Waals surface area contributed by atoms with Gasteiger partial charge < -0.3 is 9.73 Å². The number of hydrogen-bond acceptors (Lipinski definition) is 3. The number of benzene rings is 3. The summed E-state index contributed by atoms with van der Waals surface area (Å²) in [4.78, 5) is 25.2. The van der Waals surface area contributed by atoms with Gasteiger partial charge in [0.05, 0.1) is 5.39 Å². The summed E-state index contributed by atoms with van der Waals surface area (Å²) in [5.74, 6) is 0.204. The van der Waals surface area contributed by atoms with Crippen LogP contribution in [0.15, 0.2) is 82.0 Å². The number of hydrogen-bond donors (Lipinski definition) is 1. The minimum absolute atomic E-state index is 0.0503. The lowest BCUT2D eigenvalue weighted by molar-refractivity contribution is 0.102. The molecule has 0 aliphatic heterocycles. The standard InChI is InChI=1S/C26H22ClNO3/c1-26(2,3)18-9-7-16(8-10-18)24-15-22(29)21-14-20(11-12-23(21)31-24)28-25(30)17-5-4-6-19(27)13-17/h4-15H,1-3H3,(H,28,30). The predicted molar refractivity (Wildman–Crippen MR) is 126 cm³/mol. The highest BCUT2D eigenvalue weighted by molar-refractivity contribution is 6.31. The summed E-state index contributed by atoms with van der Waals surface area (Å²) in [5.41, 5.74) is 3.33. The number of nitrogens with one attached hydrogen (secondary N) is 1. The van der Waals surface area contributed by atoms with Crippen LogP contribution in [-0.4, -0.2) is 5.91 Å². The van der Waals surface area contributed by atoms with Gasteiger partial charge in [0, 0.05) is 27.9 Å². The molecule has 0 fully saturated rings. The second kappa shape index (κ2) is 8.05. The Morgan fingerprint density at radius 2 is 1.68 bits per heavy atom. The van der Waals surface area contributed by atoms with E-state index in [0.717, 1.165) is 5.56 Å². The van der Waals surface area contributed by atoms with Gasteiger partial charge in [0.2, 0.25) is 0 Å². The third-order valence-electron chi connectivity index (χ3n) is 5.11. The second-order valence-corrected chi connectivity index (χ2v) is 8.91. The maximum atomic E-state index is 12.8. The highest BCUT2D eigenvalue weighted by atomic mass is 35.5. The first-order valence-corrected chi connectivity index (χ1v) is 10.3.